The van der Waals surface area contributed by atoms with Gasteiger partial charge in [-0.15, -0.1) is 0 Å². The van der Waals surface area contributed by atoms with E-state index < -0.39 is 4.92 Å². The lowest BCUT2D eigenvalue weighted by atomic mass is 9.95. The number of nitrogen functional groups attached to an aromatic ring is 1. The number of aliphatic hydroxyl groups is 1. The van der Waals surface area contributed by atoms with E-state index in [4.69, 9.17) is 10.8 Å². The molecule has 0 unspecified atom stereocenters. The van der Waals surface area contributed by atoms with Crippen LogP contribution < -0.4 is 5.73 Å². The third-order valence-electron chi connectivity index (χ3n) is 2.93. The third-order valence-corrected chi connectivity index (χ3v) is 2.93. The molecule has 98 valence electrons. The lowest BCUT2D eigenvalue weighted by Crippen LogP contribution is -2.02. The molecule has 0 saturated carbocycles. The molecule has 0 saturated heterocycles. The molecule has 0 aliphatic rings. The molecule has 0 fully saturated rings. The summed E-state index contributed by atoms with van der Waals surface area (Å²) in [5.41, 5.74) is 8.44. The molecule has 0 heterocycles. The van der Waals surface area contributed by atoms with Crippen LogP contribution in [-0.4, -0.2) is 16.6 Å². The van der Waals surface area contributed by atoms with Gasteiger partial charge in [-0.1, -0.05) is 30.3 Å². The van der Waals surface area contributed by atoms with Crippen LogP contribution >= 0.6 is 0 Å². The fourth-order valence-electron chi connectivity index (χ4n) is 2.05. The Hall–Kier alpha value is -2.40. The SMILES string of the molecule is Nc1cc([N+](=O)[O-])cc(-c2ccccc2)c1CCO. The normalized spacial score (nSPS) is 10.4. The number of nitro benzene ring substituents is 1. The number of non-ortho nitro benzene ring substituents is 1. The van der Waals surface area contributed by atoms with Crippen molar-refractivity contribution < 1.29 is 10.0 Å². The van der Waals surface area contributed by atoms with Crippen LogP contribution in [0.2, 0.25) is 0 Å². The number of benzene rings is 2. The van der Waals surface area contributed by atoms with Gasteiger partial charge in [-0.05, 0) is 23.1 Å². The zero-order valence-corrected chi connectivity index (χ0v) is 10.2. The van der Waals surface area contributed by atoms with Crippen molar-refractivity contribution in [1.29, 1.82) is 0 Å². The number of nitrogens with zero attached hydrogens (tertiary/aromatic N) is 1. The minimum Gasteiger partial charge on any atom is -0.398 e. The van der Waals surface area contributed by atoms with Crippen molar-refractivity contribution in [1.82, 2.24) is 0 Å². The van der Waals surface area contributed by atoms with Gasteiger partial charge in [0.15, 0.2) is 0 Å². The highest BCUT2D eigenvalue weighted by atomic mass is 16.6. The Labute approximate surface area is 110 Å². The van der Waals surface area contributed by atoms with Crippen LogP contribution in [0.25, 0.3) is 11.1 Å². The zero-order chi connectivity index (χ0) is 13.8. The number of aliphatic hydroxyl groups excluding tert-OH is 1. The van der Waals surface area contributed by atoms with Gasteiger partial charge in [-0.2, -0.15) is 0 Å². The van der Waals surface area contributed by atoms with Gasteiger partial charge in [-0.3, -0.25) is 10.1 Å². The van der Waals surface area contributed by atoms with Crippen molar-refractivity contribution in [3.63, 3.8) is 0 Å². The van der Waals surface area contributed by atoms with Crippen LogP contribution in [0.1, 0.15) is 5.56 Å². The first-order valence-electron chi connectivity index (χ1n) is 5.86. The smallest absolute Gasteiger partial charge is 0.272 e. The molecule has 2 aromatic carbocycles. The molecular formula is C14H14N2O3. The molecule has 0 spiro atoms. The largest absolute Gasteiger partial charge is 0.398 e. The number of nitro groups is 1. The summed E-state index contributed by atoms with van der Waals surface area (Å²) in [5.74, 6) is 0. The molecule has 0 bridgehead atoms. The molecule has 0 aromatic heterocycles. The molecule has 0 aliphatic carbocycles. The summed E-state index contributed by atoms with van der Waals surface area (Å²) in [6.45, 7) is -0.0537. The summed E-state index contributed by atoms with van der Waals surface area (Å²) in [6, 6.07) is 12.1. The van der Waals surface area contributed by atoms with Gasteiger partial charge in [0.1, 0.15) is 0 Å². The molecule has 2 aromatic rings. The molecule has 3 N–H and O–H groups in total. The van der Waals surface area contributed by atoms with Crippen molar-refractivity contribution in [2.75, 3.05) is 12.3 Å². The van der Waals surface area contributed by atoms with Crippen LogP contribution in [0.3, 0.4) is 0 Å². The molecule has 19 heavy (non-hydrogen) atoms. The van der Waals surface area contributed by atoms with Gasteiger partial charge in [0.05, 0.1) is 4.92 Å². The molecule has 0 radical (unpaired) electrons. The highest BCUT2D eigenvalue weighted by molar-refractivity contribution is 5.76. The van der Waals surface area contributed by atoms with E-state index >= 15 is 0 Å². The van der Waals surface area contributed by atoms with Crippen molar-refractivity contribution in [2.24, 2.45) is 0 Å². The van der Waals surface area contributed by atoms with E-state index in [1.165, 1.54) is 12.1 Å². The Bertz CT molecular complexity index is 597. The number of anilines is 1. The zero-order valence-electron chi connectivity index (χ0n) is 10.2. The third kappa shape index (κ3) is 2.71. The number of rotatable bonds is 4. The second-order valence-electron chi connectivity index (χ2n) is 4.16. The lowest BCUT2D eigenvalue weighted by Gasteiger charge is -2.11. The molecular weight excluding hydrogens is 244 g/mol. The Morgan fingerprint density at radius 3 is 2.47 bits per heavy atom. The summed E-state index contributed by atoms with van der Waals surface area (Å²) in [4.78, 5) is 10.4. The van der Waals surface area contributed by atoms with Crippen molar-refractivity contribution in [3.05, 3.63) is 58.1 Å². The molecule has 2 rings (SSSR count). The van der Waals surface area contributed by atoms with Gasteiger partial charge >= 0.3 is 0 Å². The molecule has 0 atom stereocenters. The predicted octanol–water partition coefficient (Wildman–Crippen LogP) is 2.38. The van der Waals surface area contributed by atoms with Gasteiger partial charge in [-0.25, -0.2) is 0 Å². The Morgan fingerprint density at radius 2 is 1.89 bits per heavy atom. The standard InChI is InChI=1S/C14H14N2O3/c15-14-9-11(16(18)19)8-13(12(14)6-7-17)10-4-2-1-3-5-10/h1-5,8-9,17H,6-7,15H2. The van der Waals surface area contributed by atoms with E-state index in [-0.39, 0.29) is 12.3 Å². The summed E-state index contributed by atoms with van der Waals surface area (Å²) in [5, 5.41) is 20.0. The molecule has 5 heteroatoms. The van der Waals surface area contributed by atoms with Crippen LogP contribution in [0, 0.1) is 10.1 Å². The number of nitrogens with two attached hydrogens (primary N) is 1. The highest BCUT2D eigenvalue weighted by Gasteiger charge is 2.15. The maximum Gasteiger partial charge on any atom is 0.272 e. The van der Waals surface area contributed by atoms with E-state index in [1.807, 2.05) is 30.3 Å². The van der Waals surface area contributed by atoms with Crippen LogP contribution in [0.15, 0.2) is 42.5 Å². The van der Waals surface area contributed by atoms with E-state index in [9.17, 15) is 10.1 Å². The first kappa shape index (κ1) is 13.0. The topological polar surface area (TPSA) is 89.4 Å². The monoisotopic (exact) mass is 258 g/mol. The summed E-state index contributed by atoms with van der Waals surface area (Å²) in [7, 11) is 0. The van der Waals surface area contributed by atoms with E-state index in [1.54, 1.807) is 0 Å². The summed E-state index contributed by atoms with van der Waals surface area (Å²) >= 11 is 0. The quantitative estimate of drug-likeness (QED) is 0.500. The second-order valence-corrected chi connectivity index (χ2v) is 4.16. The average molecular weight is 258 g/mol. The average Bonchev–Trinajstić information content (AvgIpc) is 2.41. The first-order chi connectivity index (χ1) is 9.13. The fraction of sp³-hybridized carbons (Fsp3) is 0.143. The maximum absolute atomic E-state index is 10.9. The van der Waals surface area contributed by atoms with Crippen molar-refractivity contribution in [3.8, 4) is 11.1 Å². The van der Waals surface area contributed by atoms with Gasteiger partial charge in [0.2, 0.25) is 0 Å². The summed E-state index contributed by atoms with van der Waals surface area (Å²) < 4.78 is 0. The number of hydrogen-bond acceptors (Lipinski definition) is 4. The second kappa shape index (κ2) is 5.49. The van der Waals surface area contributed by atoms with Crippen LogP contribution in [0.5, 0.6) is 0 Å². The molecule has 0 aliphatic heterocycles. The van der Waals surface area contributed by atoms with Gasteiger partial charge < -0.3 is 10.8 Å². The molecule has 0 amide bonds. The fourth-order valence-corrected chi connectivity index (χ4v) is 2.05. The first-order valence-corrected chi connectivity index (χ1v) is 5.86. The Morgan fingerprint density at radius 1 is 1.21 bits per heavy atom. The Kier molecular flexibility index (Phi) is 3.77. The maximum atomic E-state index is 10.9. The number of hydrogen-bond donors (Lipinski definition) is 2. The Balaban J connectivity index is 2.64. The molecule has 5 nitrogen and oxygen atoms in total. The van der Waals surface area contributed by atoms with E-state index in [2.05, 4.69) is 0 Å². The minimum atomic E-state index is -0.467. The predicted molar refractivity (Wildman–Crippen MR) is 73.7 cm³/mol. The van der Waals surface area contributed by atoms with Crippen molar-refractivity contribution >= 4 is 11.4 Å². The van der Waals surface area contributed by atoms with Gasteiger partial charge in [0, 0.05) is 24.4 Å². The minimum absolute atomic E-state index is 0.0435. The van der Waals surface area contributed by atoms with Crippen LogP contribution in [0.4, 0.5) is 11.4 Å². The summed E-state index contributed by atoms with van der Waals surface area (Å²) in [6.07, 6.45) is 0.369. The van der Waals surface area contributed by atoms with E-state index in [0.29, 0.717) is 17.7 Å². The lowest BCUT2D eigenvalue weighted by molar-refractivity contribution is -0.384. The van der Waals surface area contributed by atoms with Crippen LogP contribution in [-0.2, 0) is 6.42 Å². The van der Waals surface area contributed by atoms with E-state index in [0.717, 1.165) is 11.1 Å². The van der Waals surface area contributed by atoms with Gasteiger partial charge in [0.25, 0.3) is 5.69 Å². The van der Waals surface area contributed by atoms with Crippen molar-refractivity contribution in [2.45, 2.75) is 6.42 Å². The highest BCUT2D eigenvalue weighted by Crippen LogP contribution is 2.32.